The second-order valence-electron chi connectivity index (χ2n) is 4.48. The summed E-state index contributed by atoms with van der Waals surface area (Å²) in [6.45, 7) is 0. The van der Waals surface area contributed by atoms with E-state index in [1.54, 1.807) is 23.9 Å². The molecule has 4 heteroatoms. The average molecular weight is 290 g/mol. The molecule has 0 aliphatic carbocycles. The van der Waals surface area contributed by atoms with Gasteiger partial charge in [-0.05, 0) is 41.6 Å². The molecule has 0 aromatic heterocycles. The van der Waals surface area contributed by atoms with Crippen molar-refractivity contribution in [3.05, 3.63) is 65.5 Å². The van der Waals surface area contributed by atoms with Gasteiger partial charge in [0.15, 0.2) is 0 Å². The molecular formula is C16H15FO2S. The van der Waals surface area contributed by atoms with Crippen molar-refractivity contribution in [1.29, 1.82) is 0 Å². The maximum Gasteiger partial charge on any atom is 0.304 e. The lowest BCUT2D eigenvalue weighted by Gasteiger charge is -2.16. The summed E-state index contributed by atoms with van der Waals surface area (Å²) in [6, 6.07) is 13.8. The molecule has 2 rings (SSSR count). The number of carbonyl (C=O) groups is 1. The van der Waals surface area contributed by atoms with E-state index in [2.05, 4.69) is 0 Å². The van der Waals surface area contributed by atoms with Gasteiger partial charge in [0.25, 0.3) is 0 Å². The van der Waals surface area contributed by atoms with Crippen LogP contribution in [0.3, 0.4) is 0 Å². The molecule has 0 aliphatic rings. The van der Waals surface area contributed by atoms with Gasteiger partial charge < -0.3 is 5.11 Å². The van der Waals surface area contributed by atoms with Crippen LogP contribution in [0.15, 0.2) is 53.4 Å². The van der Waals surface area contributed by atoms with Crippen molar-refractivity contribution in [2.75, 3.05) is 6.26 Å². The standard InChI is InChI=1S/C16H15FO2S/c1-20-14-8-4-12(5-9-14)15(10-16(18)19)11-2-6-13(17)7-3-11/h2-9,15H,10H2,1H3,(H,18,19)/t15-/m0/s1. The molecular weight excluding hydrogens is 275 g/mol. The molecule has 104 valence electrons. The number of rotatable bonds is 5. The molecule has 2 nitrogen and oxygen atoms in total. The summed E-state index contributed by atoms with van der Waals surface area (Å²) in [5.41, 5.74) is 1.74. The van der Waals surface area contributed by atoms with Gasteiger partial charge in [-0.3, -0.25) is 4.79 Å². The Morgan fingerprint density at radius 2 is 1.60 bits per heavy atom. The number of thioether (sulfide) groups is 1. The fourth-order valence-electron chi connectivity index (χ4n) is 2.13. The molecule has 0 radical (unpaired) electrons. The Kier molecular flexibility index (Phi) is 4.79. The smallest absolute Gasteiger partial charge is 0.304 e. The first kappa shape index (κ1) is 14.6. The number of benzene rings is 2. The SMILES string of the molecule is CSc1ccc([C@@H](CC(=O)O)c2ccc(F)cc2)cc1. The van der Waals surface area contributed by atoms with Gasteiger partial charge in [0.05, 0.1) is 6.42 Å². The molecule has 0 unspecified atom stereocenters. The lowest BCUT2D eigenvalue weighted by Crippen LogP contribution is -2.08. The van der Waals surface area contributed by atoms with Gasteiger partial charge in [-0.1, -0.05) is 24.3 Å². The molecule has 0 saturated carbocycles. The third kappa shape index (κ3) is 3.61. The Hall–Kier alpha value is -1.81. The zero-order valence-electron chi connectivity index (χ0n) is 11.0. The first-order chi connectivity index (χ1) is 9.60. The zero-order valence-corrected chi connectivity index (χ0v) is 11.9. The van der Waals surface area contributed by atoms with Crippen LogP contribution in [0.25, 0.3) is 0 Å². The number of halogens is 1. The predicted octanol–water partition coefficient (Wildman–Crippen LogP) is 4.15. The van der Waals surface area contributed by atoms with Crippen LogP contribution in [0.5, 0.6) is 0 Å². The van der Waals surface area contributed by atoms with Crippen LogP contribution in [0, 0.1) is 5.82 Å². The molecule has 0 amide bonds. The van der Waals surface area contributed by atoms with Crippen molar-refractivity contribution >= 4 is 17.7 Å². The topological polar surface area (TPSA) is 37.3 Å². The van der Waals surface area contributed by atoms with Crippen molar-refractivity contribution < 1.29 is 14.3 Å². The molecule has 0 bridgehead atoms. The summed E-state index contributed by atoms with van der Waals surface area (Å²) in [5, 5.41) is 9.08. The summed E-state index contributed by atoms with van der Waals surface area (Å²) in [5.74, 6) is -1.45. The van der Waals surface area contributed by atoms with Crippen molar-refractivity contribution in [3.63, 3.8) is 0 Å². The van der Waals surface area contributed by atoms with Gasteiger partial charge in [-0.15, -0.1) is 11.8 Å². The number of carboxylic acids is 1. The van der Waals surface area contributed by atoms with Crippen LogP contribution in [0.4, 0.5) is 4.39 Å². The third-order valence-electron chi connectivity index (χ3n) is 3.17. The van der Waals surface area contributed by atoms with E-state index in [1.165, 1.54) is 12.1 Å². The fraction of sp³-hybridized carbons (Fsp3) is 0.188. The lowest BCUT2D eigenvalue weighted by molar-refractivity contribution is -0.137. The first-order valence-electron chi connectivity index (χ1n) is 6.21. The Labute approximate surface area is 121 Å². The summed E-state index contributed by atoms with van der Waals surface area (Å²) < 4.78 is 13.0. The van der Waals surface area contributed by atoms with Gasteiger partial charge in [0.1, 0.15) is 5.82 Å². The molecule has 20 heavy (non-hydrogen) atoms. The highest BCUT2D eigenvalue weighted by Gasteiger charge is 2.17. The van der Waals surface area contributed by atoms with Crippen molar-refractivity contribution in [3.8, 4) is 0 Å². The number of hydrogen-bond donors (Lipinski definition) is 1. The Balaban J connectivity index is 2.35. The molecule has 1 N–H and O–H groups in total. The van der Waals surface area contributed by atoms with E-state index >= 15 is 0 Å². The summed E-state index contributed by atoms with van der Waals surface area (Å²) in [4.78, 5) is 12.2. The van der Waals surface area contributed by atoms with Crippen LogP contribution in [-0.4, -0.2) is 17.3 Å². The van der Waals surface area contributed by atoms with E-state index < -0.39 is 5.97 Å². The number of hydrogen-bond acceptors (Lipinski definition) is 2. The van der Waals surface area contributed by atoms with Gasteiger partial charge in [0.2, 0.25) is 0 Å². The fourth-order valence-corrected chi connectivity index (χ4v) is 2.54. The Morgan fingerprint density at radius 1 is 1.10 bits per heavy atom. The largest absolute Gasteiger partial charge is 0.481 e. The minimum absolute atomic E-state index is 0.00968. The first-order valence-corrected chi connectivity index (χ1v) is 7.44. The van der Waals surface area contributed by atoms with Crippen molar-refractivity contribution in [2.24, 2.45) is 0 Å². The van der Waals surface area contributed by atoms with Crippen LogP contribution >= 0.6 is 11.8 Å². The van der Waals surface area contributed by atoms with Gasteiger partial charge in [0, 0.05) is 10.8 Å². The molecule has 0 saturated heterocycles. The summed E-state index contributed by atoms with van der Waals surface area (Å²) in [7, 11) is 0. The van der Waals surface area contributed by atoms with Crippen molar-refractivity contribution in [1.82, 2.24) is 0 Å². The van der Waals surface area contributed by atoms with Crippen LogP contribution in [0.2, 0.25) is 0 Å². The van der Waals surface area contributed by atoms with E-state index in [9.17, 15) is 9.18 Å². The Morgan fingerprint density at radius 3 is 2.05 bits per heavy atom. The highest BCUT2D eigenvalue weighted by Crippen LogP contribution is 2.29. The highest BCUT2D eigenvalue weighted by molar-refractivity contribution is 7.98. The van der Waals surface area contributed by atoms with Gasteiger partial charge >= 0.3 is 5.97 Å². The normalized spacial score (nSPS) is 12.1. The van der Waals surface area contributed by atoms with E-state index in [0.717, 1.165) is 16.0 Å². The van der Waals surface area contributed by atoms with E-state index in [-0.39, 0.29) is 18.2 Å². The van der Waals surface area contributed by atoms with Crippen LogP contribution in [0.1, 0.15) is 23.5 Å². The lowest BCUT2D eigenvalue weighted by atomic mass is 9.88. The predicted molar refractivity (Wildman–Crippen MR) is 78.7 cm³/mol. The quantitative estimate of drug-likeness (QED) is 0.840. The molecule has 2 aromatic carbocycles. The second kappa shape index (κ2) is 6.57. The second-order valence-corrected chi connectivity index (χ2v) is 5.35. The maximum absolute atomic E-state index is 13.0. The van der Waals surface area contributed by atoms with Crippen molar-refractivity contribution in [2.45, 2.75) is 17.2 Å². The zero-order chi connectivity index (χ0) is 14.5. The van der Waals surface area contributed by atoms with Gasteiger partial charge in [-0.25, -0.2) is 4.39 Å². The van der Waals surface area contributed by atoms with E-state index in [4.69, 9.17) is 5.11 Å². The van der Waals surface area contributed by atoms with Crippen LogP contribution in [-0.2, 0) is 4.79 Å². The molecule has 0 fully saturated rings. The molecule has 0 heterocycles. The monoisotopic (exact) mass is 290 g/mol. The maximum atomic E-state index is 13.0. The number of aliphatic carboxylic acids is 1. The van der Waals surface area contributed by atoms with Crippen LogP contribution < -0.4 is 0 Å². The summed E-state index contributed by atoms with van der Waals surface area (Å²) >= 11 is 1.63. The highest BCUT2D eigenvalue weighted by atomic mass is 32.2. The average Bonchev–Trinajstić information content (AvgIpc) is 2.46. The molecule has 0 aliphatic heterocycles. The third-order valence-corrected chi connectivity index (χ3v) is 3.91. The summed E-state index contributed by atoms with van der Waals surface area (Å²) in [6.07, 6.45) is 1.98. The number of carboxylic acid groups (broad SMARTS) is 1. The molecule has 2 aromatic rings. The molecule has 0 spiro atoms. The van der Waals surface area contributed by atoms with E-state index in [0.29, 0.717) is 0 Å². The Bertz CT molecular complexity index is 578. The van der Waals surface area contributed by atoms with Gasteiger partial charge in [-0.2, -0.15) is 0 Å². The minimum atomic E-state index is -0.867. The molecule has 1 atom stereocenters. The van der Waals surface area contributed by atoms with E-state index in [1.807, 2.05) is 30.5 Å². The minimum Gasteiger partial charge on any atom is -0.481 e.